The lowest BCUT2D eigenvalue weighted by Gasteiger charge is -2.19. The maximum absolute atomic E-state index is 14.3. The van der Waals surface area contributed by atoms with Crippen LogP contribution in [0.15, 0.2) is 53.3 Å². The summed E-state index contributed by atoms with van der Waals surface area (Å²) >= 11 is 4.88. The van der Waals surface area contributed by atoms with Crippen molar-refractivity contribution >= 4 is 45.2 Å². The van der Waals surface area contributed by atoms with Gasteiger partial charge in [-0.2, -0.15) is 11.8 Å². The number of carbonyl (C=O) groups is 2. The number of hydrogen-bond donors (Lipinski definition) is 2. The number of nitrogens with one attached hydrogen (secondary N) is 2. The molecule has 0 aliphatic carbocycles. The molecule has 156 valence electrons. The number of carbonyl (C=O) groups excluding carboxylic acids is 2. The molecule has 1 unspecified atom stereocenters. The minimum absolute atomic E-state index is 0.0303. The van der Waals surface area contributed by atoms with E-state index in [0.717, 1.165) is 0 Å². The van der Waals surface area contributed by atoms with Gasteiger partial charge in [0.15, 0.2) is 0 Å². The van der Waals surface area contributed by atoms with Gasteiger partial charge in [-0.15, -0.1) is 5.10 Å². The molecular formula is C19H18BrFN6O2S. The molecule has 11 heteroatoms. The first-order valence-corrected chi connectivity index (χ1v) is 11.1. The molecule has 0 bridgehead atoms. The normalized spacial score (nSPS) is 11.7. The van der Waals surface area contributed by atoms with Gasteiger partial charge in [0.1, 0.15) is 18.2 Å². The zero-order valence-electron chi connectivity index (χ0n) is 15.9. The van der Waals surface area contributed by atoms with E-state index in [2.05, 4.69) is 42.1 Å². The van der Waals surface area contributed by atoms with Crippen LogP contribution in [0.2, 0.25) is 0 Å². The minimum Gasteiger partial charge on any atom is -0.340 e. The third-order valence-electron chi connectivity index (χ3n) is 4.17. The van der Waals surface area contributed by atoms with E-state index in [9.17, 15) is 14.0 Å². The standard InChI is InChI=1S/C19H18BrFN6O2S/c1-30-9-8-16(23-18(28)13-4-2-3-5-14(13)20)19(29)24-17-10-12(6-7-15(17)21)27-11-22-25-26-27/h2-7,10-11,16H,8-9H2,1H3,(H,23,28)(H,24,29). The molecule has 30 heavy (non-hydrogen) atoms. The lowest BCUT2D eigenvalue weighted by atomic mass is 10.1. The van der Waals surface area contributed by atoms with E-state index >= 15 is 0 Å². The van der Waals surface area contributed by atoms with Crippen molar-refractivity contribution in [3.05, 3.63) is 64.6 Å². The highest BCUT2D eigenvalue weighted by atomic mass is 79.9. The largest absolute Gasteiger partial charge is 0.340 e. The Hall–Kier alpha value is -2.79. The highest BCUT2D eigenvalue weighted by Crippen LogP contribution is 2.20. The number of halogens is 2. The van der Waals surface area contributed by atoms with Gasteiger partial charge in [0.2, 0.25) is 5.91 Å². The summed E-state index contributed by atoms with van der Waals surface area (Å²) in [6, 6.07) is 10.2. The molecule has 1 aromatic heterocycles. The van der Waals surface area contributed by atoms with E-state index in [1.54, 1.807) is 36.0 Å². The summed E-state index contributed by atoms with van der Waals surface area (Å²) < 4.78 is 16.3. The van der Waals surface area contributed by atoms with E-state index in [0.29, 0.717) is 27.9 Å². The lowest BCUT2D eigenvalue weighted by Crippen LogP contribution is -2.44. The van der Waals surface area contributed by atoms with Gasteiger partial charge < -0.3 is 10.6 Å². The Kier molecular flexibility index (Phi) is 7.52. The fourth-order valence-electron chi connectivity index (χ4n) is 2.64. The van der Waals surface area contributed by atoms with Gasteiger partial charge in [-0.25, -0.2) is 9.07 Å². The van der Waals surface area contributed by atoms with Gasteiger partial charge >= 0.3 is 0 Å². The van der Waals surface area contributed by atoms with E-state index in [4.69, 9.17) is 0 Å². The molecule has 2 N–H and O–H groups in total. The fraction of sp³-hybridized carbons (Fsp3) is 0.211. The molecule has 0 fully saturated rings. The van der Waals surface area contributed by atoms with Gasteiger partial charge in [-0.05, 0) is 75.1 Å². The molecular weight excluding hydrogens is 475 g/mol. The summed E-state index contributed by atoms with van der Waals surface area (Å²) in [7, 11) is 0. The molecule has 0 spiro atoms. The van der Waals surface area contributed by atoms with E-state index < -0.39 is 23.7 Å². The van der Waals surface area contributed by atoms with Gasteiger partial charge in [0, 0.05) is 4.47 Å². The van der Waals surface area contributed by atoms with Crippen LogP contribution in [0.3, 0.4) is 0 Å². The maximum Gasteiger partial charge on any atom is 0.253 e. The predicted octanol–water partition coefficient (Wildman–Crippen LogP) is 3.05. The Morgan fingerprint density at radius 3 is 2.77 bits per heavy atom. The summed E-state index contributed by atoms with van der Waals surface area (Å²) in [5.74, 6) is -0.883. The number of hydrogen-bond acceptors (Lipinski definition) is 6. The van der Waals surface area contributed by atoms with Crippen molar-refractivity contribution in [2.45, 2.75) is 12.5 Å². The van der Waals surface area contributed by atoms with E-state index in [1.165, 1.54) is 29.2 Å². The first kappa shape index (κ1) is 21.9. The highest BCUT2D eigenvalue weighted by molar-refractivity contribution is 9.10. The van der Waals surface area contributed by atoms with Crippen LogP contribution in [0.5, 0.6) is 0 Å². The number of aromatic nitrogens is 4. The van der Waals surface area contributed by atoms with Crippen LogP contribution in [0.1, 0.15) is 16.8 Å². The smallest absolute Gasteiger partial charge is 0.253 e. The minimum atomic E-state index is -0.840. The molecule has 2 aromatic carbocycles. The van der Waals surface area contributed by atoms with Gasteiger partial charge in [-0.3, -0.25) is 9.59 Å². The van der Waals surface area contributed by atoms with Gasteiger partial charge in [-0.1, -0.05) is 12.1 Å². The number of rotatable bonds is 8. The zero-order valence-corrected chi connectivity index (χ0v) is 18.3. The summed E-state index contributed by atoms with van der Waals surface area (Å²) in [5, 5.41) is 16.1. The molecule has 0 saturated carbocycles. The Balaban J connectivity index is 1.78. The maximum atomic E-state index is 14.3. The van der Waals surface area contributed by atoms with Crippen molar-refractivity contribution in [2.24, 2.45) is 0 Å². The van der Waals surface area contributed by atoms with Crippen molar-refractivity contribution in [1.29, 1.82) is 0 Å². The SMILES string of the molecule is CSCCC(NC(=O)c1ccccc1Br)C(=O)Nc1cc(-n2cnnn2)ccc1F. The van der Waals surface area contributed by atoms with Crippen LogP contribution in [0.4, 0.5) is 10.1 Å². The number of anilines is 1. The molecule has 0 aliphatic rings. The molecule has 1 atom stereocenters. The second kappa shape index (κ2) is 10.3. The van der Waals surface area contributed by atoms with Crippen LogP contribution in [0, 0.1) is 5.82 Å². The first-order chi connectivity index (χ1) is 14.5. The van der Waals surface area contributed by atoms with Crippen molar-refractivity contribution in [1.82, 2.24) is 25.5 Å². The summed E-state index contributed by atoms with van der Waals surface area (Å²) in [5.41, 5.74) is 0.859. The van der Waals surface area contributed by atoms with E-state index in [-0.39, 0.29) is 5.69 Å². The van der Waals surface area contributed by atoms with Crippen molar-refractivity contribution in [3.8, 4) is 5.69 Å². The number of nitrogens with zero attached hydrogens (tertiary/aromatic N) is 4. The topological polar surface area (TPSA) is 102 Å². The summed E-state index contributed by atoms with van der Waals surface area (Å²) in [6.07, 6.45) is 3.65. The number of amides is 2. The number of benzene rings is 2. The molecule has 8 nitrogen and oxygen atoms in total. The Morgan fingerprint density at radius 1 is 1.27 bits per heavy atom. The molecule has 3 aromatic rings. The second-order valence-electron chi connectivity index (χ2n) is 6.20. The third kappa shape index (κ3) is 5.42. The Morgan fingerprint density at radius 2 is 2.07 bits per heavy atom. The van der Waals surface area contributed by atoms with Crippen LogP contribution in [0.25, 0.3) is 5.69 Å². The second-order valence-corrected chi connectivity index (χ2v) is 8.04. The number of thioether (sulfide) groups is 1. The highest BCUT2D eigenvalue weighted by Gasteiger charge is 2.23. The summed E-state index contributed by atoms with van der Waals surface area (Å²) in [6.45, 7) is 0. The van der Waals surface area contributed by atoms with Crippen LogP contribution in [-0.4, -0.2) is 50.1 Å². The quantitative estimate of drug-likeness (QED) is 0.500. The first-order valence-electron chi connectivity index (χ1n) is 8.87. The van der Waals surface area contributed by atoms with E-state index in [1.807, 2.05) is 6.26 Å². The number of tetrazole rings is 1. The summed E-state index contributed by atoms with van der Waals surface area (Å²) in [4.78, 5) is 25.5. The van der Waals surface area contributed by atoms with Crippen molar-refractivity contribution < 1.29 is 14.0 Å². The van der Waals surface area contributed by atoms with Gasteiger partial charge in [0.25, 0.3) is 5.91 Å². The van der Waals surface area contributed by atoms with Crippen LogP contribution in [-0.2, 0) is 4.79 Å². The Labute approximate surface area is 184 Å². The zero-order chi connectivity index (χ0) is 21.5. The van der Waals surface area contributed by atoms with Crippen molar-refractivity contribution in [3.63, 3.8) is 0 Å². The predicted molar refractivity (Wildman–Crippen MR) is 116 cm³/mol. The Bertz CT molecular complexity index is 1030. The monoisotopic (exact) mass is 492 g/mol. The third-order valence-corrected chi connectivity index (χ3v) is 5.51. The molecule has 0 aliphatic heterocycles. The molecule has 0 saturated heterocycles. The van der Waals surface area contributed by atoms with Crippen LogP contribution < -0.4 is 10.6 Å². The average Bonchev–Trinajstić information content (AvgIpc) is 3.27. The van der Waals surface area contributed by atoms with Crippen LogP contribution >= 0.6 is 27.7 Å². The molecule has 3 rings (SSSR count). The average molecular weight is 493 g/mol. The van der Waals surface area contributed by atoms with Crippen molar-refractivity contribution in [2.75, 3.05) is 17.3 Å². The molecule has 2 amide bonds. The molecule has 1 heterocycles. The van der Waals surface area contributed by atoms with Gasteiger partial charge in [0.05, 0.1) is 16.9 Å². The fourth-order valence-corrected chi connectivity index (χ4v) is 3.57. The molecule has 0 radical (unpaired) electrons. The lowest BCUT2D eigenvalue weighted by molar-refractivity contribution is -0.118.